The predicted molar refractivity (Wildman–Crippen MR) is 109 cm³/mol. The molecule has 138 valence electrons. The third-order valence-corrected chi connectivity index (χ3v) is 4.57. The van der Waals surface area contributed by atoms with Crippen molar-refractivity contribution in [1.29, 1.82) is 0 Å². The Morgan fingerprint density at radius 3 is 2.39 bits per heavy atom. The Morgan fingerprint density at radius 2 is 1.64 bits per heavy atom. The van der Waals surface area contributed by atoms with Crippen LogP contribution < -0.4 is 10.6 Å². The number of nitro benzene ring substituents is 1. The zero-order valence-corrected chi connectivity index (χ0v) is 15.3. The van der Waals surface area contributed by atoms with Crippen molar-refractivity contribution in [2.24, 2.45) is 0 Å². The van der Waals surface area contributed by atoms with E-state index in [9.17, 15) is 10.1 Å². The number of benzene rings is 2. The fraction of sp³-hybridized carbons (Fsp3) is 0. The number of nitro groups is 1. The second-order valence-electron chi connectivity index (χ2n) is 5.74. The Morgan fingerprint density at radius 1 is 0.893 bits per heavy atom. The van der Waals surface area contributed by atoms with Gasteiger partial charge < -0.3 is 10.6 Å². The molecule has 2 aromatic carbocycles. The SMILES string of the molecule is O=[N+]([O-])c1cccc(Nc2cccc(Nc3nccc(-c4nccs4)n3)c2)c1. The van der Waals surface area contributed by atoms with Crippen molar-refractivity contribution in [3.63, 3.8) is 0 Å². The third kappa shape index (κ3) is 4.10. The molecule has 0 fully saturated rings. The standard InChI is InChI=1S/C19H14N6O2S/c26-25(27)16-6-2-5-15(12-16)22-13-3-1-4-14(11-13)23-19-21-8-7-17(24-19)18-20-9-10-28-18/h1-12,22H,(H,21,23,24). The van der Waals surface area contributed by atoms with Crippen LogP contribution in [-0.4, -0.2) is 19.9 Å². The lowest BCUT2D eigenvalue weighted by atomic mass is 10.2. The summed E-state index contributed by atoms with van der Waals surface area (Å²) < 4.78 is 0. The number of nitrogens with one attached hydrogen (secondary N) is 2. The van der Waals surface area contributed by atoms with Crippen molar-refractivity contribution < 1.29 is 4.92 Å². The molecule has 9 heteroatoms. The third-order valence-electron chi connectivity index (χ3n) is 3.77. The molecule has 0 aliphatic carbocycles. The summed E-state index contributed by atoms with van der Waals surface area (Å²) in [7, 11) is 0. The number of hydrogen-bond donors (Lipinski definition) is 2. The maximum Gasteiger partial charge on any atom is 0.271 e. The van der Waals surface area contributed by atoms with E-state index < -0.39 is 4.92 Å². The minimum Gasteiger partial charge on any atom is -0.355 e. The summed E-state index contributed by atoms with van der Waals surface area (Å²) in [5.74, 6) is 0.459. The van der Waals surface area contributed by atoms with Crippen molar-refractivity contribution in [3.05, 3.63) is 82.5 Å². The smallest absolute Gasteiger partial charge is 0.271 e. The number of rotatable bonds is 6. The van der Waals surface area contributed by atoms with Crippen LogP contribution in [0.1, 0.15) is 0 Å². The van der Waals surface area contributed by atoms with Gasteiger partial charge in [0.15, 0.2) is 0 Å². The molecular formula is C19H14N6O2S. The molecule has 0 amide bonds. The van der Waals surface area contributed by atoms with Crippen molar-refractivity contribution >= 4 is 40.0 Å². The molecular weight excluding hydrogens is 376 g/mol. The molecule has 4 aromatic rings. The van der Waals surface area contributed by atoms with E-state index in [1.54, 1.807) is 24.5 Å². The average Bonchev–Trinajstić information content (AvgIpc) is 3.24. The molecule has 0 aliphatic heterocycles. The summed E-state index contributed by atoms with van der Waals surface area (Å²) in [5, 5.41) is 20.0. The molecule has 4 rings (SSSR count). The Kier molecular flexibility index (Phi) is 4.89. The maximum absolute atomic E-state index is 10.9. The molecule has 0 saturated carbocycles. The molecule has 2 heterocycles. The lowest BCUT2D eigenvalue weighted by molar-refractivity contribution is -0.384. The highest BCUT2D eigenvalue weighted by atomic mass is 32.1. The lowest BCUT2D eigenvalue weighted by Gasteiger charge is -2.10. The van der Waals surface area contributed by atoms with E-state index in [0.29, 0.717) is 11.6 Å². The molecule has 2 N–H and O–H groups in total. The van der Waals surface area contributed by atoms with Crippen LogP contribution in [-0.2, 0) is 0 Å². The van der Waals surface area contributed by atoms with E-state index in [0.717, 1.165) is 22.1 Å². The van der Waals surface area contributed by atoms with Crippen molar-refractivity contribution in [2.75, 3.05) is 10.6 Å². The first-order valence-corrected chi connectivity index (χ1v) is 9.17. The van der Waals surface area contributed by atoms with Gasteiger partial charge in [0.25, 0.3) is 5.69 Å². The highest BCUT2D eigenvalue weighted by molar-refractivity contribution is 7.13. The van der Waals surface area contributed by atoms with Crippen LogP contribution in [0.5, 0.6) is 0 Å². The van der Waals surface area contributed by atoms with E-state index in [-0.39, 0.29) is 5.69 Å². The number of thiazole rings is 1. The molecule has 0 atom stereocenters. The van der Waals surface area contributed by atoms with Crippen molar-refractivity contribution in [3.8, 4) is 10.7 Å². The Balaban J connectivity index is 1.52. The number of nitrogens with zero attached hydrogens (tertiary/aromatic N) is 4. The number of hydrogen-bond acceptors (Lipinski definition) is 8. The number of non-ortho nitro benzene ring substituents is 1. The van der Waals surface area contributed by atoms with Gasteiger partial charge in [-0.1, -0.05) is 12.1 Å². The molecule has 0 spiro atoms. The van der Waals surface area contributed by atoms with Gasteiger partial charge in [0.1, 0.15) is 10.7 Å². The van der Waals surface area contributed by atoms with Gasteiger partial charge in [-0.3, -0.25) is 10.1 Å². The summed E-state index contributed by atoms with van der Waals surface area (Å²) in [5.41, 5.74) is 2.98. The average molecular weight is 390 g/mol. The zero-order valence-electron chi connectivity index (χ0n) is 14.4. The van der Waals surface area contributed by atoms with Gasteiger partial charge in [-0.15, -0.1) is 11.3 Å². The Labute approximate surface area is 164 Å². The summed E-state index contributed by atoms with van der Waals surface area (Å²) in [6.07, 6.45) is 3.41. The van der Waals surface area contributed by atoms with Gasteiger partial charge in [-0.05, 0) is 30.3 Å². The van der Waals surface area contributed by atoms with E-state index in [4.69, 9.17) is 0 Å². The minimum atomic E-state index is -0.421. The van der Waals surface area contributed by atoms with Gasteiger partial charge in [0, 0.05) is 47.0 Å². The fourth-order valence-corrected chi connectivity index (χ4v) is 3.16. The first-order valence-electron chi connectivity index (χ1n) is 8.29. The highest BCUT2D eigenvalue weighted by Gasteiger charge is 2.07. The zero-order chi connectivity index (χ0) is 19.3. The van der Waals surface area contributed by atoms with E-state index in [2.05, 4.69) is 25.6 Å². The monoisotopic (exact) mass is 390 g/mol. The molecule has 0 aliphatic rings. The van der Waals surface area contributed by atoms with E-state index in [1.165, 1.54) is 23.5 Å². The molecule has 0 unspecified atom stereocenters. The number of anilines is 4. The molecule has 0 bridgehead atoms. The molecule has 2 aromatic heterocycles. The van der Waals surface area contributed by atoms with Crippen LogP contribution in [0.3, 0.4) is 0 Å². The van der Waals surface area contributed by atoms with E-state index >= 15 is 0 Å². The first kappa shape index (κ1) is 17.6. The molecule has 0 saturated heterocycles. The van der Waals surface area contributed by atoms with Crippen LogP contribution in [0.4, 0.5) is 28.7 Å². The summed E-state index contributed by atoms with van der Waals surface area (Å²) in [4.78, 5) is 23.5. The normalized spacial score (nSPS) is 10.4. The summed E-state index contributed by atoms with van der Waals surface area (Å²) in [6.45, 7) is 0. The van der Waals surface area contributed by atoms with Crippen molar-refractivity contribution in [1.82, 2.24) is 15.0 Å². The van der Waals surface area contributed by atoms with Gasteiger partial charge >= 0.3 is 0 Å². The van der Waals surface area contributed by atoms with Crippen LogP contribution in [0.25, 0.3) is 10.7 Å². The van der Waals surface area contributed by atoms with Gasteiger partial charge in [0.2, 0.25) is 5.95 Å². The fourth-order valence-electron chi connectivity index (χ4n) is 2.56. The van der Waals surface area contributed by atoms with Gasteiger partial charge in [-0.25, -0.2) is 15.0 Å². The van der Waals surface area contributed by atoms with Gasteiger partial charge in [-0.2, -0.15) is 0 Å². The van der Waals surface area contributed by atoms with Crippen LogP contribution in [0, 0.1) is 10.1 Å². The van der Waals surface area contributed by atoms with Crippen molar-refractivity contribution in [2.45, 2.75) is 0 Å². The predicted octanol–water partition coefficient (Wildman–Crippen LogP) is 5.00. The molecule has 0 radical (unpaired) electrons. The summed E-state index contributed by atoms with van der Waals surface area (Å²) >= 11 is 1.51. The first-order chi connectivity index (χ1) is 13.7. The molecule has 28 heavy (non-hydrogen) atoms. The maximum atomic E-state index is 10.9. The number of aromatic nitrogens is 3. The Bertz CT molecular complexity index is 1120. The van der Waals surface area contributed by atoms with Gasteiger partial charge in [0.05, 0.1) is 4.92 Å². The van der Waals surface area contributed by atoms with Crippen LogP contribution >= 0.6 is 11.3 Å². The van der Waals surface area contributed by atoms with Crippen LogP contribution in [0.2, 0.25) is 0 Å². The highest BCUT2D eigenvalue weighted by Crippen LogP contribution is 2.25. The second-order valence-corrected chi connectivity index (χ2v) is 6.64. The Hall–Kier alpha value is -3.85. The second kappa shape index (κ2) is 7.80. The topological polar surface area (TPSA) is 106 Å². The summed E-state index contributed by atoms with van der Waals surface area (Å²) in [6, 6.07) is 15.7. The lowest BCUT2D eigenvalue weighted by Crippen LogP contribution is -1.99. The largest absolute Gasteiger partial charge is 0.355 e. The quantitative estimate of drug-likeness (QED) is 0.353. The van der Waals surface area contributed by atoms with E-state index in [1.807, 2.05) is 35.7 Å². The van der Waals surface area contributed by atoms with Crippen LogP contribution in [0.15, 0.2) is 72.4 Å². The minimum absolute atomic E-state index is 0.0340. The molecule has 8 nitrogen and oxygen atoms in total.